The third-order valence-corrected chi connectivity index (χ3v) is 4.25. The van der Waals surface area contributed by atoms with E-state index in [0.29, 0.717) is 11.2 Å². The molecule has 2 saturated carbocycles. The Morgan fingerprint density at radius 2 is 2.42 bits per heavy atom. The molecule has 2 aliphatic carbocycles. The van der Waals surface area contributed by atoms with Crippen LogP contribution >= 0.6 is 0 Å². The lowest BCUT2D eigenvalue weighted by atomic mass is 9.44. The summed E-state index contributed by atoms with van der Waals surface area (Å²) in [5.41, 5.74) is 0.385. The van der Waals surface area contributed by atoms with Crippen molar-refractivity contribution in [3.05, 3.63) is 0 Å². The van der Waals surface area contributed by atoms with Crippen LogP contribution in [0.1, 0.15) is 32.6 Å². The maximum absolute atomic E-state index is 11.5. The van der Waals surface area contributed by atoms with Crippen LogP contribution in [0.25, 0.3) is 0 Å². The Kier molecular flexibility index (Phi) is 1.04. The second-order valence-electron chi connectivity index (χ2n) is 4.82. The minimum atomic E-state index is 0.0162. The molecule has 3 atom stereocenters. The van der Waals surface area contributed by atoms with Gasteiger partial charge in [-0.2, -0.15) is 0 Å². The fourth-order valence-corrected chi connectivity index (χ4v) is 3.36. The molecule has 2 nitrogen and oxygen atoms in total. The summed E-state index contributed by atoms with van der Waals surface area (Å²) in [6.45, 7) is 3.16. The zero-order chi connectivity index (χ0) is 8.40. The van der Waals surface area contributed by atoms with Crippen LogP contribution in [-0.4, -0.2) is 18.0 Å². The summed E-state index contributed by atoms with van der Waals surface area (Å²) in [6, 6.07) is 0. The molecule has 0 radical (unpaired) electrons. The van der Waals surface area contributed by atoms with Crippen LogP contribution in [0.2, 0.25) is 0 Å². The van der Waals surface area contributed by atoms with Crippen molar-refractivity contribution in [1.29, 1.82) is 0 Å². The van der Waals surface area contributed by atoms with Crippen LogP contribution in [0.3, 0.4) is 0 Å². The number of rotatable bonds is 0. The number of carbonyl (C=O) groups excluding carboxylic acids is 1. The van der Waals surface area contributed by atoms with Crippen LogP contribution in [-0.2, 0) is 9.53 Å². The van der Waals surface area contributed by atoms with Crippen LogP contribution < -0.4 is 0 Å². The first-order chi connectivity index (χ1) is 5.68. The molecule has 0 bridgehead atoms. The Morgan fingerprint density at radius 3 is 2.92 bits per heavy atom. The predicted octanol–water partition coefficient (Wildman–Crippen LogP) is 1.53. The predicted molar refractivity (Wildman–Crippen MR) is 43.8 cm³/mol. The van der Waals surface area contributed by atoms with Gasteiger partial charge >= 0.3 is 0 Å². The average Bonchev–Trinajstić information content (AvgIpc) is 2.07. The van der Waals surface area contributed by atoms with Crippen molar-refractivity contribution in [2.24, 2.45) is 11.3 Å². The number of carbonyl (C=O) groups is 1. The van der Waals surface area contributed by atoms with E-state index in [0.717, 1.165) is 32.3 Å². The Bertz CT molecular complexity index is 261. The van der Waals surface area contributed by atoms with Gasteiger partial charge in [-0.05, 0) is 19.3 Å². The van der Waals surface area contributed by atoms with Crippen molar-refractivity contribution in [3.8, 4) is 0 Å². The normalized spacial score (nSPS) is 56.4. The number of ketones is 1. The second-order valence-corrected chi connectivity index (χ2v) is 4.82. The molecule has 1 aliphatic heterocycles. The van der Waals surface area contributed by atoms with E-state index in [1.807, 2.05) is 0 Å². The van der Waals surface area contributed by atoms with Gasteiger partial charge in [0.1, 0.15) is 5.78 Å². The van der Waals surface area contributed by atoms with E-state index >= 15 is 0 Å². The molecule has 0 N–H and O–H groups in total. The molecule has 0 amide bonds. The van der Waals surface area contributed by atoms with Gasteiger partial charge in [-0.3, -0.25) is 4.79 Å². The van der Waals surface area contributed by atoms with Gasteiger partial charge in [0.25, 0.3) is 0 Å². The molecule has 1 spiro atoms. The van der Waals surface area contributed by atoms with E-state index in [4.69, 9.17) is 4.74 Å². The highest BCUT2D eigenvalue weighted by Crippen LogP contribution is 2.67. The summed E-state index contributed by atoms with van der Waals surface area (Å²) in [5, 5.41) is 0. The van der Waals surface area contributed by atoms with Gasteiger partial charge in [0.2, 0.25) is 0 Å². The Labute approximate surface area is 72.3 Å². The maximum atomic E-state index is 11.5. The fraction of sp³-hybridized carbons (Fsp3) is 0.900. The molecule has 3 fully saturated rings. The summed E-state index contributed by atoms with van der Waals surface area (Å²) in [7, 11) is 0. The van der Waals surface area contributed by atoms with E-state index in [1.54, 1.807) is 0 Å². The molecule has 0 aromatic carbocycles. The zero-order valence-electron chi connectivity index (χ0n) is 7.43. The third-order valence-electron chi connectivity index (χ3n) is 4.25. The lowest BCUT2D eigenvalue weighted by molar-refractivity contribution is -0.353. The SMILES string of the molecule is CC12COC13CCCC(=O)C3C2. The van der Waals surface area contributed by atoms with Crippen molar-refractivity contribution in [1.82, 2.24) is 0 Å². The van der Waals surface area contributed by atoms with Gasteiger partial charge in [0.15, 0.2) is 0 Å². The molecular weight excluding hydrogens is 152 g/mol. The van der Waals surface area contributed by atoms with Gasteiger partial charge < -0.3 is 4.74 Å². The fourth-order valence-electron chi connectivity index (χ4n) is 3.36. The summed E-state index contributed by atoms with van der Waals surface area (Å²) in [4.78, 5) is 11.5. The standard InChI is InChI=1S/C10H14O2/c1-9-5-7-8(11)3-2-4-10(7,9)12-6-9/h7H,2-6H2,1H3. The van der Waals surface area contributed by atoms with E-state index in [9.17, 15) is 4.79 Å². The molecular formula is C10H14O2. The van der Waals surface area contributed by atoms with Crippen molar-refractivity contribution in [2.45, 2.75) is 38.2 Å². The van der Waals surface area contributed by atoms with Gasteiger partial charge in [0, 0.05) is 17.8 Å². The molecule has 1 saturated heterocycles. The minimum absolute atomic E-state index is 0.0162. The first kappa shape index (κ1) is 7.07. The average molecular weight is 166 g/mol. The Balaban J connectivity index is 1.95. The lowest BCUT2D eigenvalue weighted by Crippen LogP contribution is -2.77. The summed E-state index contributed by atoms with van der Waals surface area (Å²) >= 11 is 0. The molecule has 1 heterocycles. The molecule has 0 aromatic heterocycles. The van der Waals surface area contributed by atoms with Gasteiger partial charge in [0.05, 0.1) is 12.2 Å². The van der Waals surface area contributed by atoms with Gasteiger partial charge in [-0.1, -0.05) is 6.92 Å². The van der Waals surface area contributed by atoms with Crippen molar-refractivity contribution < 1.29 is 9.53 Å². The van der Waals surface area contributed by atoms with Crippen LogP contribution in [0, 0.1) is 11.3 Å². The highest BCUT2D eigenvalue weighted by molar-refractivity contribution is 5.85. The summed E-state index contributed by atoms with van der Waals surface area (Å²) in [6.07, 6.45) is 4.06. The lowest BCUT2D eigenvalue weighted by Gasteiger charge is -2.71. The van der Waals surface area contributed by atoms with Gasteiger partial charge in [-0.15, -0.1) is 0 Å². The van der Waals surface area contributed by atoms with E-state index in [2.05, 4.69) is 6.92 Å². The van der Waals surface area contributed by atoms with Crippen LogP contribution in [0.4, 0.5) is 0 Å². The number of hydrogen-bond acceptors (Lipinski definition) is 2. The smallest absolute Gasteiger partial charge is 0.138 e. The van der Waals surface area contributed by atoms with E-state index < -0.39 is 0 Å². The number of Topliss-reactive ketones (excluding diaryl/α,β-unsaturated/α-hetero) is 1. The topological polar surface area (TPSA) is 26.3 Å². The quantitative estimate of drug-likeness (QED) is 0.545. The van der Waals surface area contributed by atoms with E-state index in [-0.39, 0.29) is 11.5 Å². The highest BCUT2D eigenvalue weighted by atomic mass is 16.5. The molecule has 3 unspecified atom stereocenters. The van der Waals surface area contributed by atoms with Crippen LogP contribution in [0.5, 0.6) is 0 Å². The van der Waals surface area contributed by atoms with Crippen molar-refractivity contribution in [3.63, 3.8) is 0 Å². The van der Waals surface area contributed by atoms with E-state index in [1.165, 1.54) is 0 Å². The monoisotopic (exact) mass is 166 g/mol. The summed E-state index contributed by atoms with van der Waals surface area (Å²) in [5.74, 6) is 0.725. The molecule has 66 valence electrons. The van der Waals surface area contributed by atoms with Crippen molar-refractivity contribution in [2.75, 3.05) is 6.61 Å². The largest absolute Gasteiger partial charge is 0.373 e. The third kappa shape index (κ3) is 0.506. The maximum Gasteiger partial charge on any atom is 0.138 e. The zero-order valence-corrected chi connectivity index (χ0v) is 7.43. The molecule has 3 rings (SSSR count). The number of hydrogen-bond donors (Lipinski definition) is 0. The highest BCUT2D eigenvalue weighted by Gasteiger charge is 2.72. The Hall–Kier alpha value is -0.370. The first-order valence-electron chi connectivity index (χ1n) is 4.85. The first-order valence-corrected chi connectivity index (χ1v) is 4.85. The molecule has 12 heavy (non-hydrogen) atoms. The minimum Gasteiger partial charge on any atom is -0.373 e. The summed E-state index contributed by atoms with van der Waals surface area (Å²) < 4.78 is 5.67. The molecule has 2 heteroatoms. The van der Waals surface area contributed by atoms with Gasteiger partial charge in [-0.25, -0.2) is 0 Å². The van der Waals surface area contributed by atoms with Crippen molar-refractivity contribution >= 4 is 5.78 Å². The molecule has 0 aromatic rings. The van der Waals surface area contributed by atoms with Crippen LogP contribution in [0.15, 0.2) is 0 Å². The Morgan fingerprint density at radius 1 is 1.58 bits per heavy atom. The molecule has 3 aliphatic rings. The number of ether oxygens (including phenoxy) is 1. The second kappa shape index (κ2) is 1.77.